The minimum absolute atomic E-state index is 0.0214. The van der Waals surface area contributed by atoms with Gasteiger partial charge in [0.25, 0.3) is 0 Å². The Morgan fingerprint density at radius 1 is 1.50 bits per heavy atom. The van der Waals surface area contributed by atoms with Gasteiger partial charge in [0, 0.05) is 20.3 Å². The SMILES string of the molecule is COCCCC(N)C(=O)NCCCC1CC1. The second-order valence-electron chi connectivity index (χ2n) is 4.62. The first-order chi connectivity index (χ1) is 7.74. The zero-order valence-electron chi connectivity index (χ0n) is 10.2. The first-order valence-electron chi connectivity index (χ1n) is 6.26. The lowest BCUT2D eigenvalue weighted by atomic mass is 10.1. The van der Waals surface area contributed by atoms with Crippen LogP contribution < -0.4 is 11.1 Å². The second kappa shape index (κ2) is 7.63. The van der Waals surface area contributed by atoms with E-state index in [0.29, 0.717) is 13.0 Å². The van der Waals surface area contributed by atoms with Crippen LogP contribution in [0.15, 0.2) is 0 Å². The van der Waals surface area contributed by atoms with Gasteiger partial charge in [-0.2, -0.15) is 0 Å². The zero-order chi connectivity index (χ0) is 11.8. The molecule has 0 saturated heterocycles. The summed E-state index contributed by atoms with van der Waals surface area (Å²) in [5, 5.41) is 2.89. The van der Waals surface area contributed by atoms with Gasteiger partial charge in [-0.15, -0.1) is 0 Å². The van der Waals surface area contributed by atoms with Gasteiger partial charge in [-0.1, -0.05) is 12.8 Å². The molecule has 0 bridgehead atoms. The monoisotopic (exact) mass is 228 g/mol. The summed E-state index contributed by atoms with van der Waals surface area (Å²) in [5.74, 6) is 0.916. The van der Waals surface area contributed by atoms with E-state index in [1.165, 1.54) is 19.3 Å². The largest absolute Gasteiger partial charge is 0.385 e. The van der Waals surface area contributed by atoms with Crippen molar-refractivity contribution in [3.8, 4) is 0 Å². The summed E-state index contributed by atoms with van der Waals surface area (Å²) in [6.07, 6.45) is 6.63. The van der Waals surface area contributed by atoms with Gasteiger partial charge in [-0.05, 0) is 31.6 Å². The molecule has 0 aromatic rings. The van der Waals surface area contributed by atoms with Crippen LogP contribution in [-0.4, -0.2) is 32.2 Å². The predicted octanol–water partition coefficient (Wildman–Crippen LogP) is 1.05. The fraction of sp³-hybridized carbons (Fsp3) is 0.917. The molecule has 1 unspecified atom stereocenters. The fourth-order valence-electron chi connectivity index (χ4n) is 1.72. The molecule has 0 heterocycles. The minimum atomic E-state index is -0.379. The van der Waals surface area contributed by atoms with Crippen LogP contribution in [0.5, 0.6) is 0 Å². The van der Waals surface area contributed by atoms with E-state index in [1.54, 1.807) is 7.11 Å². The van der Waals surface area contributed by atoms with Crippen molar-refractivity contribution < 1.29 is 9.53 Å². The summed E-state index contributed by atoms with van der Waals surface area (Å²) < 4.78 is 4.92. The van der Waals surface area contributed by atoms with E-state index >= 15 is 0 Å². The minimum Gasteiger partial charge on any atom is -0.385 e. The number of nitrogens with one attached hydrogen (secondary N) is 1. The lowest BCUT2D eigenvalue weighted by Gasteiger charge is -2.11. The Labute approximate surface area is 97.9 Å². The third-order valence-electron chi connectivity index (χ3n) is 2.99. The van der Waals surface area contributed by atoms with Crippen LogP contribution in [0.3, 0.4) is 0 Å². The van der Waals surface area contributed by atoms with Gasteiger partial charge in [0.05, 0.1) is 6.04 Å². The van der Waals surface area contributed by atoms with Crippen molar-refractivity contribution >= 4 is 5.91 Å². The van der Waals surface area contributed by atoms with Crippen molar-refractivity contribution in [1.29, 1.82) is 0 Å². The predicted molar refractivity (Wildman–Crippen MR) is 64.1 cm³/mol. The molecule has 1 fully saturated rings. The average Bonchev–Trinajstić information content (AvgIpc) is 3.08. The molecule has 0 aromatic carbocycles. The van der Waals surface area contributed by atoms with Crippen LogP contribution in [0.4, 0.5) is 0 Å². The topological polar surface area (TPSA) is 64.3 Å². The normalized spacial score (nSPS) is 17.1. The Morgan fingerprint density at radius 2 is 2.25 bits per heavy atom. The summed E-state index contributed by atoms with van der Waals surface area (Å²) in [6, 6.07) is -0.379. The molecular weight excluding hydrogens is 204 g/mol. The second-order valence-corrected chi connectivity index (χ2v) is 4.62. The molecule has 1 aliphatic rings. The van der Waals surface area contributed by atoms with Gasteiger partial charge in [0.15, 0.2) is 0 Å². The number of ether oxygens (including phenoxy) is 1. The Hall–Kier alpha value is -0.610. The highest BCUT2D eigenvalue weighted by Crippen LogP contribution is 2.33. The summed E-state index contributed by atoms with van der Waals surface area (Å²) in [7, 11) is 1.66. The van der Waals surface area contributed by atoms with Crippen molar-refractivity contribution in [1.82, 2.24) is 5.32 Å². The molecule has 0 radical (unpaired) electrons. The van der Waals surface area contributed by atoms with Crippen molar-refractivity contribution in [2.45, 2.75) is 44.6 Å². The molecule has 4 heteroatoms. The summed E-state index contributed by atoms with van der Waals surface area (Å²) in [4.78, 5) is 11.5. The van der Waals surface area contributed by atoms with Crippen LogP contribution >= 0.6 is 0 Å². The van der Waals surface area contributed by atoms with Gasteiger partial charge in [0.2, 0.25) is 5.91 Å². The molecule has 3 N–H and O–H groups in total. The van der Waals surface area contributed by atoms with E-state index in [1.807, 2.05) is 0 Å². The molecule has 1 rings (SSSR count). The molecule has 94 valence electrons. The highest BCUT2D eigenvalue weighted by Gasteiger charge is 2.20. The molecule has 0 aliphatic heterocycles. The number of rotatable bonds is 9. The van der Waals surface area contributed by atoms with E-state index < -0.39 is 0 Å². The van der Waals surface area contributed by atoms with Crippen molar-refractivity contribution in [2.75, 3.05) is 20.3 Å². The molecular formula is C12H24N2O2. The van der Waals surface area contributed by atoms with E-state index in [4.69, 9.17) is 10.5 Å². The molecule has 1 aliphatic carbocycles. The highest BCUT2D eigenvalue weighted by atomic mass is 16.5. The molecule has 1 atom stereocenters. The maximum absolute atomic E-state index is 11.5. The Bertz CT molecular complexity index is 205. The van der Waals surface area contributed by atoms with Crippen molar-refractivity contribution in [3.05, 3.63) is 0 Å². The van der Waals surface area contributed by atoms with Crippen LogP contribution in [-0.2, 0) is 9.53 Å². The Morgan fingerprint density at radius 3 is 2.88 bits per heavy atom. The molecule has 1 saturated carbocycles. The van der Waals surface area contributed by atoms with Gasteiger partial charge in [-0.3, -0.25) is 4.79 Å². The van der Waals surface area contributed by atoms with Crippen LogP contribution in [0.1, 0.15) is 38.5 Å². The van der Waals surface area contributed by atoms with Gasteiger partial charge in [-0.25, -0.2) is 0 Å². The number of carbonyl (C=O) groups excluding carboxylic acids is 1. The van der Waals surface area contributed by atoms with Crippen LogP contribution in [0.2, 0.25) is 0 Å². The van der Waals surface area contributed by atoms with Crippen molar-refractivity contribution in [2.24, 2.45) is 11.7 Å². The third-order valence-corrected chi connectivity index (χ3v) is 2.99. The number of carbonyl (C=O) groups is 1. The van der Waals surface area contributed by atoms with Gasteiger partial charge < -0.3 is 15.8 Å². The first-order valence-corrected chi connectivity index (χ1v) is 6.26. The quantitative estimate of drug-likeness (QED) is 0.580. The smallest absolute Gasteiger partial charge is 0.236 e. The third kappa shape index (κ3) is 6.08. The number of amides is 1. The number of methoxy groups -OCH3 is 1. The molecule has 1 amide bonds. The first kappa shape index (κ1) is 13.5. The van der Waals surface area contributed by atoms with Gasteiger partial charge in [0.1, 0.15) is 0 Å². The molecule has 4 nitrogen and oxygen atoms in total. The van der Waals surface area contributed by atoms with E-state index in [0.717, 1.165) is 25.3 Å². The maximum atomic E-state index is 11.5. The summed E-state index contributed by atoms with van der Waals surface area (Å²) >= 11 is 0. The Kier molecular flexibility index (Phi) is 6.42. The zero-order valence-corrected chi connectivity index (χ0v) is 10.2. The van der Waals surface area contributed by atoms with Gasteiger partial charge >= 0.3 is 0 Å². The average molecular weight is 228 g/mol. The highest BCUT2D eigenvalue weighted by molar-refractivity contribution is 5.81. The van der Waals surface area contributed by atoms with E-state index in [2.05, 4.69) is 5.32 Å². The van der Waals surface area contributed by atoms with Crippen molar-refractivity contribution in [3.63, 3.8) is 0 Å². The molecule has 0 aromatic heterocycles. The summed E-state index contributed by atoms with van der Waals surface area (Å²) in [5.41, 5.74) is 5.74. The standard InChI is InChI=1S/C12H24N2O2/c1-16-9-3-5-11(13)12(15)14-8-2-4-10-6-7-10/h10-11H,2-9,13H2,1H3,(H,14,15). The summed E-state index contributed by atoms with van der Waals surface area (Å²) in [6.45, 7) is 1.44. The lowest BCUT2D eigenvalue weighted by Crippen LogP contribution is -2.41. The van der Waals surface area contributed by atoms with E-state index in [9.17, 15) is 4.79 Å². The van der Waals surface area contributed by atoms with E-state index in [-0.39, 0.29) is 11.9 Å². The molecule has 0 spiro atoms. The lowest BCUT2D eigenvalue weighted by molar-refractivity contribution is -0.122. The molecule has 16 heavy (non-hydrogen) atoms. The van der Waals surface area contributed by atoms with Crippen LogP contribution in [0.25, 0.3) is 0 Å². The number of nitrogens with two attached hydrogens (primary N) is 1. The van der Waals surface area contributed by atoms with Crippen LogP contribution in [0, 0.1) is 5.92 Å². The number of hydrogen-bond donors (Lipinski definition) is 2. The Balaban J connectivity index is 1.94. The number of hydrogen-bond acceptors (Lipinski definition) is 3. The maximum Gasteiger partial charge on any atom is 0.236 e. The fourth-order valence-corrected chi connectivity index (χ4v) is 1.72.